The van der Waals surface area contributed by atoms with Crippen LogP contribution in [0, 0.1) is 10.8 Å². The fourth-order valence-corrected chi connectivity index (χ4v) is 4.20. The predicted molar refractivity (Wildman–Crippen MR) is 126 cm³/mol. The number of carbonyl (C=O) groups is 1. The molecule has 9 heteroatoms. The molecule has 178 valence electrons. The molecule has 3 aromatic rings. The van der Waals surface area contributed by atoms with Crippen molar-refractivity contribution in [3.05, 3.63) is 72.1 Å². The van der Waals surface area contributed by atoms with E-state index in [0.29, 0.717) is 30.1 Å². The van der Waals surface area contributed by atoms with Crippen molar-refractivity contribution in [2.45, 2.75) is 31.8 Å². The molecule has 2 aromatic carbocycles. The number of rotatable bonds is 6. The van der Waals surface area contributed by atoms with Crippen molar-refractivity contribution in [3.63, 3.8) is 0 Å². The zero-order valence-electron chi connectivity index (χ0n) is 18.9. The summed E-state index contributed by atoms with van der Waals surface area (Å²) in [4.78, 5) is 14.1. The van der Waals surface area contributed by atoms with Gasteiger partial charge in [-0.25, -0.2) is 4.57 Å². The normalized spacial score (nSPS) is 16.0. The van der Waals surface area contributed by atoms with E-state index in [1.54, 1.807) is 19.3 Å². The second-order valence-electron chi connectivity index (χ2n) is 8.42. The zero-order valence-corrected chi connectivity index (χ0v) is 19.6. The van der Waals surface area contributed by atoms with Crippen LogP contribution < -0.4 is 27.4 Å². The van der Waals surface area contributed by atoms with Crippen LogP contribution >= 0.6 is 0 Å². The monoisotopic (exact) mass is 481 g/mol. The summed E-state index contributed by atoms with van der Waals surface area (Å²) >= 11 is 0. The SMILES string of the molecule is CC(=N)N1CCC(Oc2ccc(C(Cc3ccc4cc[n+](C(=N)N)cc4c3)C(=O)O)cc2)C1.[Cl-]. The maximum absolute atomic E-state index is 12.1. The van der Waals surface area contributed by atoms with Crippen molar-refractivity contribution in [1.82, 2.24) is 4.90 Å². The summed E-state index contributed by atoms with van der Waals surface area (Å²) in [7, 11) is 0. The highest BCUT2D eigenvalue weighted by molar-refractivity contribution is 5.83. The first-order valence-electron chi connectivity index (χ1n) is 10.9. The highest BCUT2D eigenvalue weighted by Gasteiger charge is 2.25. The number of carboxylic acid groups (broad SMARTS) is 1. The lowest BCUT2D eigenvalue weighted by molar-refractivity contribution is -0.556. The smallest absolute Gasteiger partial charge is 0.386 e. The number of nitrogens with two attached hydrogens (primary N) is 1. The molecule has 0 amide bonds. The molecule has 1 fully saturated rings. The lowest BCUT2D eigenvalue weighted by atomic mass is 9.91. The summed E-state index contributed by atoms with van der Waals surface area (Å²) in [5.41, 5.74) is 7.18. The number of amidine groups is 1. The molecule has 0 bridgehead atoms. The van der Waals surface area contributed by atoms with Gasteiger partial charge in [0.1, 0.15) is 11.9 Å². The maximum atomic E-state index is 12.1. The van der Waals surface area contributed by atoms with Crippen LogP contribution in [0.15, 0.2) is 60.9 Å². The topological polar surface area (TPSA) is 127 Å². The predicted octanol–water partition coefficient (Wildman–Crippen LogP) is -0.266. The van der Waals surface area contributed by atoms with Gasteiger partial charge in [0.15, 0.2) is 0 Å². The number of carboxylic acids is 1. The van der Waals surface area contributed by atoms with Gasteiger partial charge in [0.05, 0.1) is 30.7 Å². The minimum absolute atomic E-state index is 0. The third kappa shape index (κ3) is 5.63. The Morgan fingerprint density at radius 2 is 1.94 bits per heavy atom. The number of likely N-dealkylation sites (tertiary alicyclic amines) is 1. The Morgan fingerprint density at radius 3 is 2.56 bits per heavy atom. The van der Waals surface area contributed by atoms with E-state index in [1.165, 1.54) is 4.57 Å². The number of halogens is 1. The summed E-state index contributed by atoms with van der Waals surface area (Å²) in [5.74, 6) is -0.403. The van der Waals surface area contributed by atoms with Crippen LogP contribution in [0.4, 0.5) is 0 Å². The lowest BCUT2D eigenvalue weighted by Crippen LogP contribution is -3.00. The van der Waals surface area contributed by atoms with Crippen molar-refractivity contribution in [2.75, 3.05) is 13.1 Å². The van der Waals surface area contributed by atoms with Gasteiger partial charge in [0, 0.05) is 18.4 Å². The third-order valence-electron chi connectivity index (χ3n) is 6.06. The largest absolute Gasteiger partial charge is 1.00 e. The first-order valence-corrected chi connectivity index (χ1v) is 10.9. The van der Waals surface area contributed by atoms with Crippen LogP contribution in [-0.4, -0.2) is 47.0 Å². The fourth-order valence-electron chi connectivity index (χ4n) is 4.20. The van der Waals surface area contributed by atoms with Crippen molar-refractivity contribution in [2.24, 2.45) is 5.73 Å². The number of pyridine rings is 1. The van der Waals surface area contributed by atoms with Gasteiger partial charge in [-0.05, 0) is 54.1 Å². The van der Waals surface area contributed by atoms with Gasteiger partial charge < -0.3 is 27.2 Å². The van der Waals surface area contributed by atoms with Gasteiger partial charge >= 0.3 is 11.9 Å². The standard InChI is InChI=1S/C25H27N5O3.ClH/c1-16(26)29-11-9-22(15-29)33-21-6-4-19(5-7-21)23(24(31)32)13-17-2-3-18-8-10-30(25(27)28)14-20(18)12-17;/h2-8,10,12,14,22-23,26H,9,11,13,15H2,1H3,(H3-,27,28,31,32);1H. The Hall–Kier alpha value is -3.65. The lowest BCUT2D eigenvalue weighted by Gasteiger charge is -2.18. The molecular weight excluding hydrogens is 454 g/mol. The number of aliphatic carboxylic acids is 1. The molecule has 0 aliphatic carbocycles. The van der Waals surface area contributed by atoms with E-state index < -0.39 is 11.9 Å². The number of nitrogen functional groups attached to an aromatic ring is 1. The van der Waals surface area contributed by atoms with Gasteiger partial charge in [0.2, 0.25) is 0 Å². The summed E-state index contributed by atoms with van der Waals surface area (Å²) < 4.78 is 7.55. The van der Waals surface area contributed by atoms with Crippen LogP contribution in [0.2, 0.25) is 0 Å². The minimum atomic E-state index is -0.886. The summed E-state index contributed by atoms with van der Waals surface area (Å²) in [5, 5.41) is 27.1. The van der Waals surface area contributed by atoms with Gasteiger partial charge in [-0.1, -0.05) is 24.3 Å². The van der Waals surface area contributed by atoms with Gasteiger partial charge in [-0.15, -0.1) is 5.41 Å². The zero-order chi connectivity index (χ0) is 23.5. The van der Waals surface area contributed by atoms with Gasteiger partial charge in [-0.2, -0.15) is 0 Å². The number of benzene rings is 2. The molecule has 1 aromatic heterocycles. The molecule has 1 aliphatic heterocycles. The van der Waals surface area contributed by atoms with Crippen LogP contribution in [0.1, 0.15) is 30.4 Å². The molecule has 8 nitrogen and oxygen atoms in total. The second-order valence-corrected chi connectivity index (χ2v) is 8.42. The first kappa shape index (κ1) is 25.0. The quantitative estimate of drug-likeness (QED) is 0.219. The number of aromatic nitrogens is 1. The molecule has 0 radical (unpaired) electrons. The molecule has 4 rings (SSSR count). The average Bonchev–Trinajstić information content (AvgIpc) is 3.26. The average molecular weight is 482 g/mol. The molecule has 0 saturated carbocycles. The second kappa shape index (κ2) is 10.5. The number of hydrogen-bond donors (Lipinski definition) is 4. The maximum Gasteiger partial charge on any atom is 0.386 e. The summed E-state index contributed by atoms with van der Waals surface area (Å²) in [6.07, 6.45) is 4.73. The molecule has 2 heterocycles. The van der Waals surface area contributed by atoms with E-state index in [0.717, 1.165) is 29.3 Å². The molecule has 2 atom stereocenters. The Balaban J connectivity index is 0.00000324. The summed E-state index contributed by atoms with van der Waals surface area (Å²) in [6, 6.07) is 15.0. The van der Waals surface area contributed by atoms with E-state index in [9.17, 15) is 9.90 Å². The van der Waals surface area contributed by atoms with Crippen LogP contribution in [0.5, 0.6) is 5.75 Å². The highest BCUT2D eigenvalue weighted by Crippen LogP contribution is 2.26. The third-order valence-corrected chi connectivity index (χ3v) is 6.06. The molecule has 2 unspecified atom stereocenters. The number of hydrogen-bond acceptors (Lipinski definition) is 4. The molecule has 5 N–H and O–H groups in total. The molecule has 0 spiro atoms. The number of fused-ring (bicyclic) bond motifs is 1. The number of nitrogens with zero attached hydrogens (tertiary/aromatic N) is 2. The highest BCUT2D eigenvalue weighted by atomic mass is 35.5. The van der Waals surface area contributed by atoms with Crippen LogP contribution in [-0.2, 0) is 11.2 Å². The van der Waals surface area contributed by atoms with E-state index in [1.807, 2.05) is 53.4 Å². The Morgan fingerprint density at radius 1 is 1.21 bits per heavy atom. The molecule has 34 heavy (non-hydrogen) atoms. The molecule has 1 saturated heterocycles. The Bertz CT molecular complexity index is 1210. The first-order chi connectivity index (χ1) is 15.8. The van der Waals surface area contributed by atoms with Crippen LogP contribution in [0.25, 0.3) is 10.8 Å². The number of nitrogens with one attached hydrogen (secondary N) is 2. The minimum Gasteiger partial charge on any atom is -1.00 e. The van der Waals surface area contributed by atoms with Crippen molar-refractivity contribution in [3.8, 4) is 5.75 Å². The van der Waals surface area contributed by atoms with E-state index in [4.69, 9.17) is 21.3 Å². The Labute approximate surface area is 204 Å². The fraction of sp³-hybridized carbons (Fsp3) is 0.280. The number of ether oxygens (including phenoxy) is 1. The van der Waals surface area contributed by atoms with Crippen molar-refractivity contribution in [1.29, 1.82) is 10.8 Å². The van der Waals surface area contributed by atoms with Crippen LogP contribution in [0.3, 0.4) is 0 Å². The molecular formula is C25H28ClN5O3. The van der Waals surface area contributed by atoms with E-state index >= 15 is 0 Å². The van der Waals surface area contributed by atoms with Gasteiger partial charge in [0.25, 0.3) is 0 Å². The van der Waals surface area contributed by atoms with Crippen molar-refractivity contribution >= 4 is 28.5 Å². The van der Waals surface area contributed by atoms with Gasteiger partial charge in [-0.3, -0.25) is 15.9 Å². The Kier molecular flexibility index (Phi) is 7.73. The van der Waals surface area contributed by atoms with Crippen molar-refractivity contribution < 1.29 is 31.6 Å². The van der Waals surface area contributed by atoms with E-state index in [-0.39, 0.29) is 24.5 Å². The van der Waals surface area contributed by atoms with E-state index in [2.05, 4.69) is 0 Å². The molecule has 1 aliphatic rings. The summed E-state index contributed by atoms with van der Waals surface area (Å²) in [6.45, 7) is 3.29.